The summed E-state index contributed by atoms with van der Waals surface area (Å²) in [5.41, 5.74) is 2.84. The molecule has 0 aliphatic carbocycles. The quantitative estimate of drug-likeness (QED) is 0.684. The van der Waals surface area contributed by atoms with E-state index in [0.717, 1.165) is 52.9 Å². The molecule has 3 aromatic rings. The molecule has 8 heteroatoms. The zero-order chi connectivity index (χ0) is 20.8. The highest BCUT2D eigenvalue weighted by Gasteiger charge is 2.23. The number of carbonyl (C=O) groups is 1. The van der Waals surface area contributed by atoms with Gasteiger partial charge in [-0.25, -0.2) is 9.97 Å². The van der Waals surface area contributed by atoms with Crippen LogP contribution in [0.1, 0.15) is 29.1 Å². The Bertz CT molecular complexity index is 1140. The van der Waals surface area contributed by atoms with E-state index in [1.807, 2.05) is 18.2 Å². The van der Waals surface area contributed by atoms with Gasteiger partial charge in [-0.15, -0.1) is 11.3 Å². The third kappa shape index (κ3) is 3.40. The SMILES string of the molecule is Cc1sc2nc(CN3CCCC3)nc(Nc3ccc4c(c3)N(C)C(=O)CO4)c2c1C. The van der Waals surface area contributed by atoms with Crippen LogP contribution in [-0.4, -0.2) is 47.5 Å². The number of likely N-dealkylation sites (tertiary alicyclic amines) is 1. The van der Waals surface area contributed by atoms with Crippen molar-refractivity contribution in [2.75, 3.05) is 37.0 Å². The van der Waals surface area contributed by atoms with Crippen LogP contribution in [0.5, 0.6) is 5.75 Å². The summed E-state index contributed by atoms with van der Waals surface area (Å²) in [5.74, 6) is 2.33. The largest absolute Gasteiger partial charge is 0.482 e. The van der Waals surface area contributed by atoms with Crippen molar-refractivity contribution < 1.29 is 9.53 Å². The fraction of sp³-hybridized carbons (Fsp3) is 0.409. The van der Waals surface area contributed by atoms with E-state index in [-0.39, 0.29) is 12.5 Å². The lowest BCUT2D eigenvalue weighted by atomic mass is 10.2. The number of hydrogen-bond donors (Lipinski definition) is 1. The number of fused-ring (bicyclic) bond motifs is 2. The molecule has 2 aliphatic rings. The lowest BCUT2D eigenvalue weighted by Crippen LogP contribution is -2.35. The Balaban J connectivity index is 1.53. The van der Waals surface area contributed by atoms with Gasteiger partial charge >= 0.3 is 0 Å². The molecule has 0 saturated carbocycles. The Morgan fingerprint density at radius 1 is 1.20 bits per heavy atom. The van der Waals surface area contributed by atoms with Gasteiger partial charge in [0.15, 0.2) is 6.61 Å². The van der Waals surface area contributed by atoms with Crippen LogP contribution in [0, 0.1) is 13.8 Å². The molecule has 0 unspecified atom stereocenters. The van der Waals surface area contributed by atoms with Gasteiger partial charge in [0.05, 0.1) is 17.6 Å². The summed E-state index contributed by atoms with van der Waals surface area (Å²) in [7, 11) is 1.77. The van der Waals surface area contributed by atoms with Crippen LogP contribution in [0.3, 0.4) is 0 Å². The van der Waals surface area contributed by atoms with E-state index in [1.54, 1.807) is 23.3 Å². The average Bonchev–Trinajstić information content (AvgIpc) is 3.33. The number of nitrogens with one attached hydrogen (secondary N) is 1. The van der Waals surface area contributed by atoms with Crippen LogP contribution in [0.25, 0.3) is 10.2 Å². The van der Waals surface area contributed by atoms with Gasteiger partial charge in [-0.2, -0.15) is 0 Å². The molecular weight excluding hydrogens is 398 g/mol. The number of thiophene rings is 1. The maximum Gasteiger partial charge on any atom is 0.264 e. The molecule has 0 atom stereocenters. The number of rotatable bonds is 4. The second-order valence-corrected chi connectivity index (χ2v) is 9.19. The number of amides is 1. The molecule has 1 aromatic carbocycles. The summed E-state index contributed by atoms with van der Waals surface area (Å²) < 4.78 is 5.55. The summed E-state index contributed by atoms with van der Waals surface area (Å²) in [6.45, 7) is 7.32. The van der Waals surface area contributed by atoms with Crippen molar-refractivity contribution in [2.24, 2.45) is 0 Å². The zero-order valence-electron chi connectivity index (χ0n) is 17.5. The highest BCUT2D eigenvalue weighted by atomic mass is 32.1. The molecule has 5 rings (SSSR count). The first kappa shape index (κ1) is 19.3. The minimum Gasteiger partial charge on any atom is -0.482 e. The van der Waals surface area contributed by atoms with Gasteiger partial charge < -0.3 is 15.0 Å². The van der Waals surface area contributed by atoms with Crippen LogP contribution in [0.2, 0.25) is 0 Å². The minimum absolute atomic E-state index is 0.0544. The van der Waals surface area contributed by atoms with Crippen LogP contribution < -0.4 is 15.0 Å². The van der Waals surface area contributed by atoms with Gasteiger partial charge in [-0.1, -0.05) is 0 Å². The van der Waals surface area contributed by atoms with E-state index < -0.39 is 0 Å². The fourth-order valence-electron chi connectivity index (χ4n) is 4.08. The van der Waals surface area contributed by atoms with Gasteiger partial charge in [0.25, 0.3) is 5.91 Å². The molecule has 0 spiro atoms. The number of carbonyl (C=O) groups excluding carboxylic acids is 1. The lowest BCUT2D eigenvalue weighted by molar-refractivity contribution is -0.120. The van der Waals surface area contributed by atoms with Crippen molar-refractivity contribution in [2.45, 2.75) is 33.2 Å². The topological polar surface area (TPSA) is 70.6 Å². The second kappa shape index (κ2) is 7.52. The lowest BCUT2D eigenvalue weighted by Gasteiger charge is -2.26. The predicted molar refractivity (Wildman–Crippen MR) is 120 cm³/mol. The Hall–Kier alpha value is -2.71. The monoisotopic (exact) mass is 423 g/mol. The fourth-order valence-corrected chi connectivity index (χ4v) is 5.13. The first-order chi connectivity index (χ1) is 14.5. The molecule has 30 heavy (non-hydrogen) atoms. The van der Waals surface area contributed by atoms with E-state index in [9.17, 15) is 4.79 Å². The van der Waals surface area contributed by atoms with Gasteiger partial charge in [0, 0.05) is 17.6 Å². The van der Waals surface area contributed by atoms with E-state index in [2.05, 4.69) is 24.1 Å². The smallest absolute Gasteiger partial charge is 0.264 e. The number of ether oxygens (including phenoxy) is 1. The van der Waals surface area contributed by atoms with Crippen LogP contribution >= 0.6 is 11.3 Å². The maximum absolute atomic E-state index is 12.0. The first-order valence-electron chi connectivity index (χ1n) is 10.3. The Kier molecular flexibility index (Phi) is 4.83. The minimum atomic E-state index is -0.0544. The number of benzene rings is 1. The third-order valence-corrected chi connectivity index (χ3v) is 7.05. The highest BCUT2D eigenvalue weighted by Crippen LogP contribution is 2.37. The summed E-state index contributed by atoms with van der Waals surface area (Å²) in [6.07, 6.45) is 2.49. The Morgan fingerprint density at radius 2 is 2.00 bits per heavy atom. The third-order valence-electron chi connectivity index (χ3n) is 5.95. The molecular formula is C22H25N5O2S. The normalized spacial score (nSPS) is 16.8. The van der Waals surface area contributed by atoms with Gasteiger partial charge in [-0.3, -0.25) is 9.69 Å². The average molecular weight is 424 g/mol. The first-order valence-corrected chi connectivity index (χ1v) is 11.1. The molecule has 4 heterocycles. The molecule has 0 bridgehead atoms. The Morgan fingerprint density at radius 3 is 2.80 bits per heavy atom. The number of likely N-dealkylation sites (N-methyl/N-ethyl adjacent to an activating group) is 1. The summed E-state index contributed by atoms with van der Waals surface area (Å²) in [4.78, 5) is 28.1. The number of aromatic nitrogens is 2. The van der Waals surface area contributed by atoms with Gasteiger partial charge in [0.1, 0.15) is 22.2 Å². The van der Waals surface area contributed by atoms with E-state index in [0.29, 0.717) is 5.75 Å². The summed E-state index contributed by atoms with van der Waals surface area (Å²) in [5, 5.41) is 4.57. The molecule has 156 valence electrons. The predicted octanol–water partition coefficient (Wildman–Crippen LogP) is 4.00. The van der Waals surface area contributed by atoms with E-state index in [1.165, 1.54) is 23.3 Å². The summed E-state index contributed by atoms with van der Waals surface area (Å²) in [6, 6.07) is 5.80. The van der Waals surface area contributed by atoms with Crippen molar-refractivity contribution in [1.82, 2.24) is 14.9 Å². The summed E-state index contributed by atoms with van der Waals surface area (Å²) >= 11 is 1.72. The highest BCUT2D eigenvalue weighted by molar-refractivity contribution is 7.18. The molecule has 2 aromatic heterocycles. The molecule has 7 nitrogen and oxygen atoms in total. The number of hydrogen-bond acceptors (Lipinski definition) is 7. The van der Waals surface area contributed by atoms with Crippen molar-refractivity contribution in [3.63, 3.8) is 0 Å². The van der Waals surface area contributed by atoms with Crippen LogP contribution in [0.15, 0.2) is 18.2 Å². The van der Waals surface area contributed by atoms with Crippen molar-refractivity contribution in [1.29, 1.82) is 0 Å². The van der Waals surface area contributed by atoms with Crippen molar-refractivity contribution in [3.8, 4) is 5.75 Å². The van der Waals surface area contributed by atoms with Crippen LogP contribution in [-0.2, 0) is 11.3 Å². The van der Waals surface area contributed by atoms with Crippen molar-refractivity contribution >= 4 is 44.7 Å². The second-order valence-electron chi connectivity index (χ2n) is 7.98. The Labute approximate surface area is 179 Å². The van der Waals surface area contributed by atoms with E-state index in [4.69, 9.17) is 14.7 Å². The number of nitrogens with zero attached hydrogens (tertiary/aromatic N) is 4. The maximum atomic E-state index is 12.0. The molecule has 1 amide bonds. The van der Waals surface area contributed by atoms with Gasteiger partial charge in [0.2, 0.25) is 0 Å². The van der Waals surface area contributed by atoms with Crippen molar-refractivity contribution in [3.05, 3.63) is 34.5 Å². The molecule has 2 aliphatic heterocycles. The molecule has 0 radical (unpaired) electrons. The van der Waals surface area contributed by atoms with Gasteiger partial charge in [-0.05, 0) is 63.5 Å². The number of anilines is 3. The molecule has 1 N–H and O–H groups in total. The molecule has 1 saturated heterocycles. The standard InChI is InChI=1S/C22H25N5O2S/c1-13-14(2)30-22-20(13)21(24-18(25-22)11-27-8-4-5-9-27)23-15-6-7-17-16(10-15)26(3)19(28)12-29-17/h6-7,10H,4-5,8-9,11-12H2,1-3H3,(H,23,24,25). The zero-order valence-corrected chi connectivity index (χ0v) is 18.3. The number of aryl methyl sites for hydroxylation is 2. The van der Waals surface area contributed by atoms with E-state index >= 15 is 0 Å². The van der Waals surface area contributed by atoms with Crippen LogP contribution in [0.4, 0.5) is 17.2 Å². The molecule has 1 fully saturated rings.